The average molecular weight is 403 g/mol. The molecule has 2 heterocycles. The average Bonchev–Trinajstić information content (AvgIpc) is 3.08. The molecule has 2 fully saturated rings. The van der Waals surface area contributed by atoms with Crippen molar-refractivity contribution in [3.8, 4) is 0 Å². The van der Waals surface area contributed by atoms with Crippen LogP contribution in [-0.4, -0.2) is 22.4 Å². The van der Waals surface area contributed by atoms with Gasteiger partial charge in [0, 0.05) is 16.9 Å². The van der Waals surface area contributed by atoms with Crippen molar-refractivity contribution in [2.45, 2.75) is 55.3 Å². The summed E-state index contributed by atoms with van der Waals surface area (Å²) in [6.07, 6.45) is 2.90. The van der Waals surface area contributed by atoms with Gasteiger partial charge in [0.25, 0.3) is 0 Å². The van der Waals surface area contributed by atoms with E-state index in [0.717, 1.165) is 30.4 Å². The Balaban J connectivity index is 1.67. The van der Waals surface area contributed by atoms with Gasteiger partial charge in [-0.2, -0.15) is 11.8 Å². The Bertz CT molecular complexity index is 776. The van der Waals surface area contributed by atoms with E-state index in [-0.39, 0.29) is 29.4 Å². The van der Waals surface area contributed by atoms with Gasteiger partial charge in [-0.25, -0.2) is 8.78 Å². The highest BCUT2D eigenvalue weighted by Crippen LogP contribution is 2.49. The number of thioether (sulfide) groups is 1. The molecule has 2 aliphatic heterocycles. The first-order chi connectivity index (χ1) is 13.5. The van der Waals surface area contributed by atoms with E-state index in [9.17, 15) is 13.6 Å². The summed E-state index contributed by atoms with van der Waals surface area (Å²) in [5, 5.41) is 0.844. The van der Waals surface area contributed by atoms with Crippen molar-refractivity contribution < 1.29 is 18.3 Å². The molecule has 2 aliphatic rings. The topological polar surface area (TPSA) is 26.3 Å². The Morgan fingerprint density at radius 3 is 2.14 bits per heavy atom. The molecule has 4 atom stereocenters. The minimum atomic E-state index is -0.458. The molecule has 2 saturated heterocycles. The molecule has 0 aliphatic carbocycles. The Kier molecular flexibility index (Phi) is 5.83. The molecular weight excluding hydrogens is 378 g/mol. The Labute approximate surface area is 168 Å². The van der Waals surface area contributed by atoms with Crippen LogP contribution in [0.25, 0.3) is 0 Å². The number of fused-ring (bicyclic) bond motifs is 2. The van der Waals surface area contributed by atoms with E-state index in [4.69, 9.17) is 4.74 Å². The molecule has 148 valence electrons. The number of ether oxygens (including phenoxy) is 1. The summed E-state index contributed by atoms with van der Waals surface area (Å²) < 4.78 is 33.5. The fourth-order valence-corrected chi connectivity index (χ4v) is 6.24. The largest absolute Gasteiger partial charge is 0.365 e. The van der Waals surface area contributed by atoms with E-state index in [2.05, 4.69) is 0 Å². The molecule has 0 aromatic heterocycles. The second-order valence-corrected chi connectivity index (χ2v) is 9.16. The maximum absolute atomic E-state index is 13.5. The molecule has 5 heteroatoms. The van der Waals surface area contributed by atoms with Gasteiger partial charge in [-0.1, -0.05) is 31.2 Å². The van der Waals surface area contributed by atoms with Gasteiger partial charge in [-0.3, -0.25) is 4.79 Å². The molecule has 0 N–H and O–H groups in total. The number of carbonyl (C=O) groups is 1. The summed E-state index contributed by atoms with van der Waals surface area (Å²) in [4.78, 5) is 12.7. The normalized spacial score (nSPS) is 26.6. The first kappa shape index (κ1) is 19.6. The summed E-state index contributed by atoms with van der Waals surface area (Å²) in [5.74, 6) is -0.488. The van der Waals surface area contributed by atoms with Crippen molar-refractivity contribution in [3.63, 3.8) is 0 Å². The lowest BCUT2D eigenvalue weighted by Gasteiger charge is -2.37. The zero-order valence-electron chi connectivity index (χ0n) is 15.8. The third-order valence-electron chi connectivity index (χ3n) is 5.81. The van der Waals surface area contributed by atoms with Gasteiger partial charge in [0.2, 0.25) is 0 Å². The molecule has 2 nitrogen and oxygen atoms in total. The van der Waals surface area contributed by atoms with Crippen LogP contribution in [0.4, 0.5) is 8.78 Å². The lowest BCUT2D eigenvalue weighted by molar-refractivity contribution is -0.130. The number of hydrogen-bond acceptors (Lipinski definition) is 3. The summed E-state index contributed by atoms with van der Waals surface area (Å²) >= 11 is 1.93. The Morgan fingerprint density at radius 2 is 1.61 bits per heavy atom. The summed E-state index contributed by atoms with van der Waals surface area (Å²) in [6, 6.07) is 12.4. The number of benzene rings is 2. The highest BCUT2D eigenvalue weighted by Gasteiger charge is 2.46. The molecule has 0 amide bonds. The Morgan fingerprint density at radius 1 is 1.04 bits per heavy atom. The van der Waals surface area contributed by atoms with Gasteiger partial charge >= 0.3 is 0 Å². The smallest absolute Gasteiger partial charge is 0.139 e. The first-order valence-corrected chi connectivity index (χ1v) is 10.8. The van der Waals surface area contributed by atoms with Crippen LogP contribution >= 0.6 is 11.8 Å². The molecule has 2 aromatic carbocycles. The van der Waals surface area contributed by atoms with Gasteiger partial charge in [0.1, 0.15) is 23.5 Å². The second kappa shape index (κ2) is 8.34. The van der Waals surface area contributed by atoms with Crippen LogP contribution in [0.1, 0.15) is 49.8 Å². The number of halogens is 2. The Hall–Kier alpha value is -1.72. The highest BCUT2D eigenvalue weighted by molar-refractivity contribution is 8.00. The van der Waals surface area contributed by atoms with Crippen LogP contribution in [0.2, 0.25) is 0 Å². The lowest BCUT2D eigenvalue weighted by Crippen LogP contribution is -2.41. The number of carbonyl (C=O) groups excluding carboxylic acids is 1. The predicted molar refractivity (Wildman–Crippen MR) is 107 cm³/mol. The van der Waals surface area contributed by atoms with Crippen LogP contribution in [0.5, 0.6) is 0 Å². The standard InChI is InChI=1S/C23H24F2O2S/c1-2-19(26)22-20(13-18-11-12-21(22)28-18)27-23(14-3-7-16(24)8-4-14)15-5-9-17(25)10-6-15/h3-10,18,20-23H,2,11-13H2,1H3/t18?,20-,21-,22+/m1/s1. The monoisotopic (exact) mass is 402 g/mol. The number of Topliss-reactive ketones (excluding diaryl/α,β-unsaturated/α-hetero) is 1. The van der Waals surface area contributed by atoms with Crippen LogP contribution in [0.3, 0.4) is 0 Å². The fourth-order valence-electron chi connectivity index (χ4n) is 4.41. The van der Waals surface area contributed by atoms with Crippen LogP contribution in [0.15, 0.2) is 48.5 Å². The predicted octanol–water partition coefficient (Wildman–Crippen LogP) is 5.70. The van der Waals surface area contributed by atoms with Crippen molar-refractivity contribution in [2.24, 2.45) is 5.92 Å². The number of ketones is 1. The third-order valence-corrected chi connectivity index (χ3v) is 7.50. The molecule has 1 unspecified atom stereocenters. The minimum absolute atomic E-state index is 0.114. The zero-order chi connectivity index (χ0) is 19.7. The summed E-state index contributed by atoms with van der Waals surface area (Å²) in [6.45, 7) is 1.91. The van der Waals surface area contributed by atoms with Crippen LogP contribution < -0.4 is 0 Å². The van der Waals surface area contributed by atoms with Crippen molar-refractivity contribution >= 4 is 17.5 Å². The van der Waals surface area contributed by atoms with Crippen LogP contribution in [0, 0.1) is 17.6 Å². The fraction of sp³-hybridized carbons (Fsp3) is 0.435. The molecule has 2 aromatic rings. The van der Waals surface area contributed by atoms with Crippen molar-refractivity contribution in [1.29, 1.82) is 0 Å². The quantitative estimate of drug-likeness (QED) is 0.620. The van der Waals surface area contributed by atoms with Crippen molar-refractivity contribution in [3.05, 3.63) is 71.3 Å². The van der Waals surface area contributed by atoms with Crippen molar-refractivity contribution in [2.75, 3.05) is 0 Å². The van der Waals surface area contributed by atoms with Crippen molar-refractivity contribution in [1.82, 2.24) is 0 Å². The summed E-state index contributed by atoms with van der Waals surface area (Å²) in [7, 11) is 0. The van der Waals surface area contributed by atoms with E-state index in [1.165, 1.54) is 24.3 Å². The second-order valence-electron chi connectivity index (χ2n) is 7.61. The van der Waals surface area contributed by atoms with Crippen LogP contribution in [-0.2, 0) is 9.53 Å². The van der Waals surface area contributed by atoms with E-state index < -0.39 is 6.10 Å². The van der Waals surface area contributed by atoms with E-state index in [1.807, 2.05) is 18.7 Å². The zero-order valence-corrected chi connectivity index (χ0v) is 16.6. The summed E-state index contributed by atoms with van der Waals surface area (Å²) in [5.41, 5.74) is 1.61. The minimum Gasteiger partial charge on any atom is -0.365 e. The van der Waals surface area contributed by atoms with Gasteiger partial charge in [-0.15, -0.1) is 0 Å². The first-order valence-electron chi connectivity index (χ1n) is 9.89. The number of hydrogen-bond donors (Lipinski definition) is 0. The van der Waals surface area contributed by atoms with Gasteiger partial charge < -0.3 is 4.74 Å². The molecule has 28 heavy (non-hydrogen) atoms. The van der Waals surface area contributed by atoms with E-state index in [0.29, 0.717) is 16.9 Å². The van der Waals surface area contributed by atoms with E-state index >= 15 is 0 Å². The molecule has 0 saturated carbocycles. The number of rotatable bonds is 6. The lowest BCUT2D eigenvalue weighted by atomic mass is 9.89. The maximum atomic E-state index is 13.5. The van der Waals surface area contributed by atoms with E-state index in [1.54, 1.807) is 24.3 Å². The third kappa shape index (κ3) is 4.01. The molecular formula is C23H24F2O2S. The highest BCUT2D eigenvalue weighted by atomic mass is 32.2. The van der Waals surface area contributed by atoms with Gasteiger partial charge in [0.05, 0.1) is 12.0 Å². The maximum Gasteiger partial charge on any atom is 0.139 e. The van der Waals surface area contributed by atoms with Gasteiger partial charge in [-0.05, 0) is 54.7 Å². The SMILES string of the molecule is CCC(=O)[C@H]1[C@H](OC(c2ccc(F)cc2)c2ccc(F)cc2)CC2CC[C@H]1S2. The molecule has 0 radical (unpaired) electrons. The molecule has 0 spiro atoms. The molecule has 4 rings (SSSR count). The molecule has 2 bridgehead atoms. The van der Waals surface area contributed by atoms with Gasteiger partial charge in [0.15, 0.2) is 0 Å².